The smallest absolute Gasteiger partial charge is 0.497 e. The molecule has 1 aliphatic rings. The van der Waals surface area contributed by atoms with Crippen molar-refractivity contribution < 1.29 is 49.8 Å². The van der Waals surface area contributed by atoms with Crippen LogP contribution in [-0.4, -0.2) is 63.8 Å². The van der Waals surface area contributed by atoms with Crippen LogP contribution in [0.25, 0.3) is 17.1 Å². The number of amides is 3. The van der Waals surface area contributed by atoms with Gasteiger partial charge in [-0.2, -0.15) is 18.2 Å². The quantitative estimate of drug-likeness (QED) is 0.192. The Hall–Kier alpha value is -5.13. The number of ether oxygens (including phenoxy) is 2. The molecule has 0 radical (unpaired) electrons. The summed E-state index contributed by atoms with van der Waals surface area (Å²) in [5, 5.41) is 6.41. The monoisotopic (exact) mass is 696 g/mol. The van der Waals surface area contributed by atoms with Gasteiger partial charge in [0.25, 0.3) is 0 Å². The number of methoxy groups -OCH3 is 1. The number of amidine groups is 1. The number of carbonyl (C=O) groups is 2. The highest BCUT2D eigenvalue weighted by Gasteiger charge is 2.36. The second kappa shape index (κ2) is 13.9. The average molecular weight is 697 g/mol. The predicted molar refractivity (Wildman–Crippen MR) is 161 cm³/mol. The number of rotatable bonds is 9. The van der Waals surface area contributed by atoms with Crippen LogP contribution in [0.15, 0.2) is 78.0 Å². The Morgan fingerprint density at radius 2 is 1.71 bits per heavy atom. The van der Waals surface area contributed by atoms with Gasteiger partial charge in [-0.25, -0.2) is 18.9 Å². The van der Waals surface area contributed by atoms with Crippen LogP contribution >= 0.6 is 11.8 Å². The van der Waals surface area contributed by atoms with Crippen LogP contribution in [0.3, 0.4) is 0 Å². The Morgan fingerprint density at radius 3 is 2.35 bits per heavy atom. The van der Waals surface area contributed by atoms with Gasteiger partial charge >= 0.3 is 18.6 Å². The van der Waals surface area contributed by atoms with E-state index in [4.69, 9.17) is 4.74 Å². The van der Waals surface area contributed by atoms with Crippen molar-refractivity contribution in [2.75, 3.05) is 24.3 Å². The first-order valence-corrected chi connectivity index (χ1v) is 14.8. The first kappa shape index (κ1) is 34.2. The summed E-state index contributed by atoms with van der Waals surface area (Å²) in [7, 11) is 1.31. The third-order valence-corrected chi connectivity index (χ3v) is 7.60. The van der Waals surface area contributed by atoms with Crippen LogP contribution in [0.2, 0.25) is 0 Å². The fourth-order valence-electron chi connectivity index (χ4n) is 4.51. The Kier molecular flexibility index (Phi) is 9.92. The van der Waals surface area contributed by atoms with E-state index >= 15 is 4.39 Å². The van der Waals surface area contributed by atoms with Crippen LogP contribution in [-0.2, 0) is 11.2 Å². The molecule has 1 fully saturated rings. The van der Waals surface area contributed by atoms with Gasteiger partial charge in [0.1, 0.15) is 24.0 Å². The van der Waals surface area contributed by atoms with Gasteiger partial charge in [0.15, 0.2) is 11.0 Å². The van der Waals surface area contributed by atoms with Crippen molar-refractivity contribution in [2.24, 2.45) is 4.99 Å². The summed E-state index contributed by atoms with van der Waals surface area (Å²) in [5.41, 5.74) is 0.741. The summed E-state index contributed by atoms with van der Waals surface area (Å²) >= 11 is 0.844. The lowest BCUT2D eigenvalue weighted by molar-refractivity contribution is -0.274. The van der Waals surface area contributed by atoms with Crippen LogP contribution < -0.4 is 19.7 Å². The minimum atomic E-state index is -4.82. The number of carbonyl (C=O) groups excluding carboxylic acids is 2. The summed E-state index contributed by atoms with van der Waals surface area (Å²) < 4.78 is 102. The minimum absolute atomic E-state index is 0.135. The van der Waals surface area contributed by atoms with E-state index in [1.54, 1.807) is 0 Å². The van der Waals surface area contributed by atoms with Crippen LogP contribution in [0, 0.1) is 0 Å². The molecular formula is C30H23F7N6O4S. The Bertz CT molecular complexity index is 1810. The zero-order valence-electron chi connectivity index (χ0n) is 24.5. The molecule has 1 aliphatic heterocycles. The molecule has 1 saturated heterocycles. The summed E-state index contributed by atoms with van der Waals surface area (Å²) in [5.74, 6) is -0.733. The van der Waals surface area contributed by atoms with Gasteiger partial charge in [-0.1, -0.05) is 42.1 Å². The minimum Gasteiger partial charge on any atom is -0.497 e. The summed E-state index contributed by atoms with van der Waals surface area (Å²) in [6.45, 7) is -0.507. The number of aromatic nitrogens is 3. The molecule has 0 bridgehead atoms. The van der Waals surface area contributed by atoms with E-state index in [0.717, 1.165) is 28.8 Å². The van der Waals surface area contributed by atoms with Crippen molar-refractivity contribution >= 4 is 34.6 Å². The van der Waals surface area contributed by atoms with Crippen molar-refractivity contribution in [1.82, 2.24) is 20.1 Å². The molecule has 1 atom stereocenters. The van der Waals surface area contributed by atoms with E-state index in [-0.39, 0.29) is 39.3 Å². The van der Waals surface area contributed by atoms with Gasteiger partial charge < -0.3 is 14.8 Å². The normalized spacial score (nSPS) is 15.1. The maximum atomic E-state index is 15.0. The van der Waals surface area contributed by atoms with Crippen molar-refractivity contribution in [3.8, 4) is 28.6 Å². The number of hydrogen-bond donors (Lipinski definition) is 1. The molecule has 1 N–H and O–H groups in total. The lowest BCUT2D eigenvalue weighted by atomic mass is 10.1. The molecule has 0 aliphatic carbocycles. The zero-order valence-corrected chi connectivity index (χ0v) is 25.4. The molecule has 4 aromatic rings. The number of alkyl halides is 7. The highest BCUT2D eigenvalue weighted by molar-refractivity contribution is 8.15. The number of hydrogen-bond acceptors (Lipinski definition) is 7. The highest BCUT2D eigenvalue weighted by atomic mass is 32.2. The second-order valence-corrected chi connectivity index (χ2v) is 11.0. The van der Waals surface area contributed by atoms with Gasteiger partial charge in [-0.05, 0) is 41.5 Å². The second-order valence-electron chi connectivity index (χ2n) is 10.0. The lowest BCUT2D eigenvalue weighted by Crippen LogP contribution is -2.33. The summed E-state index contributed by atoms with van der Waals surface area (Å²) in [4.78, 5) is 34.1. The van der Waals surface area contributed by atoms with Crippen LogP contribution in [0.1, 0.15) is 17.3 Å². The Morgan fingerprint density at radius 1 is 1.02 bits per heavy atom. The number of nitrogens with zero attached hydrogens (tertiary/aromatic N) is 5. The van der Waals surface area contributed by atoms with Crippen LogP contribution in [0.4, 0.5) is 41.2 Å². The Balaban J connectivity index is 1.22. The lowest BCUT2D eigenvalue weighted by Gasteiger charge is -2.21. The van der Waals surface area contributed by atoms with E-state index < -0.39 is 49.4 Å². The topological polar surface area (TPSA) is 111 Å². The van der Waals surface area contributed by atoms with Crippen molar-refractivity contribution in [1.29, 1.82) is 0 Å². The first-order chi connectivity index (χ1) is 22.7. The van der Waals surface area contributed by atoms with E-state index in [0.29, 0.717) is 11.3 Å². The van der Waals surface area contributed by atoms with Crippen molar-refractivity contribution in [3.63, 3.8) is 0 Å². The van der Waals surface area contributed by atoms with Crippen LogP contribution in [0.5, 0.6) is 11.5 Å². The number of thioether (sulfide) groups is 1. The molecule has 18 heteroatoms. The van der Waals surface area contributed by atoms with E-state index in [1.165, 1.54) is 72.7 Å². The van der Waals surface area contributed by atoms with Gasteiger partial charge in [-0.3, -0.25) is 9.69 Å². The number of halogens is 7. The summed E-state index contributed by atoms with van der Waals surface area (Å²) in [6, 6.07) is 13.7. The number of aliphatic imine (C=N–C) groups is 1. The van der Waals surface area contributed by atoms with Gasteiger partial charge in [-0.15, -0.1) is 18.3 Å². The number of nitrogens with one attached hydrogen (secondary N) is 1. The molecular weight excluding hydrogens is 673 g/mol. The van der Waals surface area contributed by atoms with E-state index in [9.17, 15) is 35.9 Å². The summed E-state index contributed by atoms with van der Waals surface area (Å²) in [6.07, 6.45) is -11.1. The number of anilines is 1. The number of benzene rings is 3. The third kappa shape index (κ3) is 8.61. The molecule has 10 nitrogen and oxygen atoms in total. The van der Waals surface area contributed by atoms with Crippen molar-refractivity contribution in [3.05, 3.63) is 84.2 Å². The first-order valence-electron chi connectivity index (χ1n) is 13.8. The molecule has 5 rings (SSSR count). The average Bonchev–Trinajstić information content (AvgIpc) is 3.66. The molecule has 3 amide bonds. The van der Waals surface area contributed by atoms with Crippen molar-refractivity contribution in [2.45, 2.75) is 25.1 Å². The van der Waals surface area contributed by atoms with Gasteiger partial charge in [0.2, 0.25) is 5.91 Å². The SMILES string of the molecule is COc1ccc(CC(F)(F)F)c(N2C(=O)CS/C2=N\C(=O)NCC(F)c2ccc(-c3ncn(-c4ccc(OC(F)(F)F)cc4)n3)cc2)c1. The molecule has 252 valence electrons. The largest absolute Gasteiger partial charge is 0.573 e. The number of urea groups is 1. The third-order valence-electron chi connectivity index (χ3n) is 6.68. The predicted octanol–water partition coefficient (Wildman–Crippen LogP) is 6.80. The molecule has 0 spiro atoms. The van der Waals surface area contributed by atoms with Gasteiger partial charge in [0.05, 0.1) is 37.2 Å². The maximum absolute atomic E-state index is 15.0. The van der Waals surface area contributed by atoms with E-state index in [2.05, 4.69) is 25.1 Å². The zero-order chi connectivity index (χ0) is 34.6. The standard InChI is InChI=1S/C30H23F7N6O4S/c1-46-22-9-6-19(13-29(32,33)34)24(12-22)43-25(44)15-48-28(43)40-27(45)38-14-23(31)17-2-4-18(5-3-17)26-39-16-42(41-26)20-7-10-21(11-8-20)47-30(35,36)37/h2-12,16,23H,13-15H2,1H3,(H,38,45)/b40-28-. The van der Waals surface area contributed by atoms with Gasteiger partial charge in [0, 0.05) is 11.6 Å². The molecule has 0 saturated carbocycles. The molecule has 1 unspecified atom stereocenters. The van der Waals surface area contributed by atoms with E-state index in [1.807, 2.05) is 0 Å². The Labute approximate surface area is 271 Å². The fourth-order valence-corrected chi connectivity index (χ4v) is 5.37. The molecule has 2 heterocycles. The fraction of sp³-hybridized carbons (Fsp3) is 0.233. The molecule has 1 aromatic heterocycles. The molecule has 3 aromatic carbocycles. The molecule has 48 heavy (non-hydrogen) atoms. The maximum Gasteiger partial charge on any atom is 0.573 e. The highest BCUT2D eigenvalue weighted by Crippen LogP contribution is 2.36.